The molecule has 0 saturated carbocycles. The molecule has 110 valence electrons. The van der Waals surface area contributed by atoms with Crippen molar-refractivity contribution in [1.82, 2.24) is 4.98 Å². The van der Waals surface area contributed by atoms with Gasteiger partial charge in [-0.3, -0.25) is 4.98 Å². The van der Waals surface area contributed by atoms with Gasteiger partial charge in [0.25, 0.3) is 0 Å². The Morgan fingerprint density at radius 3 is 2.62 bits per heavy atom. The minimum absolute atomic E-state index is 0.0124. The lowest BCUT2D eigenvalue weighted by molar-refractivity contribution is 0.171. The van der Waals surface area contributed by atoms with Crippen LogP contribution in [-0.4, -0.2) is 18.2 Å². The lowest BCUT2D eigenvalue weighted by Gasteiger charge is -2.18. The molecule has 1 aromatic heterocycles. The molecule has 0 bridgehead atoms. The second-order valence-electron chi connectivity index (χ2n) is 4.84. The van der Waals surface area contributed by atoms with E-state index in [0.717, 1.165) is 33.4 Å². The lowest BCUT2D eigenvalue weighted by Crippen LogP contribution is -2.15. The van der Waals surface area contributed by atoms with Crippen molar-refractivity contribution in [2.24, 2.45) is 5.73 Å². The number of pyridine rings is 1. The fourth-order valence-electron chi connectivity index (χ4n) is 2.10. The molecule has 0 saturated heterocycles. The van der Waals surface area contributed by atoms with Gasteiger partial charge in [0.05, 0.1) is 5.69 Å². The molecule has 0 fully saturated rings. The highest BCUT2D eigenvalue weighted by atomic mass is 32.2. The SMILES string of the molecule is CC[C@H](N)c1ccc(Sc2ccc3c(c2)OCCO3)cn1. The van der Waals surface area contributed by atoms with Crippen molar-refractivity contribution in [3.63, 3.8) is 0 Å². The first-order valence-electron chi connectivity index (χ1n) is 7.05. The number of benzene rings is 1. The minimum atomic E-state index is 0.0124. The molecule has 2 N–H and O–H groups in total. The lowest BCUT2D eigenvalue weighted by atomic mass is 10.1. The average Bonchev–Trinajstić information content (AvgIpc) is 2.55. The Kier molecular flexibility index (Phi) is 4.31. The summed E-state index contributed by atoms with van der Waals surface area (Å²) in [6.07, 6.45) is 2.76. The molecule has 1 aliphatic heterocycles. The summed E-state index contributed by atoms with van der Waals surface area (Å²) in [5, 5.41) is 0. The van der Waals surface area contributed by atoms with Crippen LogP contribution in [0.15, 0.2) is 46.3 Å². The van der Waals surface area contributed by atoms with Crippen LogP contribution >= 0.6 is 11.8 Å². The topological polar surface area (TPSA) is 57.4 Å². The molecule has 3 rings (SSSR count). The number of aromatic nitrogens is 1. The van der Waals surface area contributed by atoms with Crippen LogP contribution in [-0.2, 0) is 0 Å². The van der Waals surface area contributed by atoms with Crippen molar-refractivity contribution in [3.05, 3.63) is 42.2 Å². The van der Waals surface area contributed by atoms with Crippen molar-refractivity contribution >= 4 is 11.8 Å². The zero-order valence-corrected chi connectivity index (χ0v) is 12.7. The van der Waals surface area contributed by atoms with E-state index in [1.54, 1.807) is 11.8 Å². The summed E-state index contributed by atoms with van der Waals surface area (Å²) in [7, 11) is 0. The van der Waals surface area contributed by atoms with Crippen molar-refractivity contribution < 1.29 is 9.47 Å². The summed E-state index contributed by atoms with van der Waals surface area (Å²) in [5.41, 5.74) is 6.91. The van der Waals surface area contributed by atoms with Crippen molar-refractivity contribution in [3.8, 4) is 11.5 Å². The Balaban J connectivity index is 1.74. The normalized spacial score (nSPS) is 14.8. The van der Waals surface area contributed by atoms with Crippen molar-refractivity contribution in [2.45, 2.75) is 29.2 Å². The third kappa shape index (κ3) is 3.31. The minimum Gasteiger partial charge on any atom is -0.486 e. The summed E-state index contributed by atoms with van der Waals surface area (Å²) < 4.78 is 11.1. The fourth-order valence-corrected chi connectivity index (χ4v) is 2.92. The van der Waals surface area contributed by atoms with Gasteiger partial charge < -0.3 is 15.2 Å². The van der Waals surface area contributed by atoms with Gasteiger partial charge in [0.2, 0.25) is 0 Å². The molecule has 0 unspecified atom stereocenters. The smallest absolute Gasteiger partial charge is 0.162 e. The summed E-state index contributed by atoms with van der Waals surface area (Å²) in [4.78, 5) is 6.62. The maximum Gasteiger partial charge on any atom is 0.162 e. The Morgan fingerprint density at radius 2 is 1.90 bits per heavy atom. The number of hydrogen-bond acceptors (Lipinski definition) is 5. The number of hydrogen-bond donors (Lipinski definition) is 1. The number of nitrogens with two attached hydrogens (primary N) is 1. The Morgan fingerprint density at radius 1 is 1.14 bits per heavy atom. The van der Waals surface area contributed by atoms with Crippen LogP contribution in [0.5, 0.6) is 11.5 Å². The highest BCUT2D eigenvalue weighted by Gasteiger charge is 2.12. The molecular formula is C16H18N2O2S. The van der Waals surface area contributed by atoms with E-state index in [-0.39, 0.29) is 6.04 Å². The predicted molar refractivity (Wildman–Crippen MR) is 83.0 cm³/mol. The van der Waals surface area contributed by atoms with Gasteiger partial charge in [-0.25, -0.2) is 0 Å². The van der Waals surface area contributed by atoms with Gasteiger partial charge >= 0.3 is 0 Å². The van der Waals surface area contributed by atoms with Crippen LogP contribution in [0.4, 0.5) is 0 Å². The average molecular weight is 302 g/mol. The van der Waals surface area contributed by atoms with E-state index in [1.165, 1.54) is 0 Å². The number of nitrogens with zero attached hydrogens (tertiary/aromatic N) is 1. The van der Waals surface area contributed by atoms with Gasteiger partial charge in [-0.2, -0.15) is 0 Å². The van der Waals surface area contributed by atoms with E-state index in [2.05, 4.69) is 18.0 Å². The standard InChI is InChI=1S/C16H18N2O2S/c1-2-13(17)14-5-3-12(10-18-14)21-11-4-6-15-16(9-11)20-8-7-19-15/h3-6,9-10,13H,2,7-8,17H2,1H3/t13-/m0/s1. The fraction of sp³-hybridized carbons (Fsp3) is 0.312. The predicted octanol–water partition coefficient (Wildman–Crippen LogP) is 3.41. The maximum atomic E-state index is 5.97. The van der Waals surface area contributed by atoms with Gasteiger partial charge in [0.15, 0.2) is 11.5 Å². The molecule has 2 heterocycles. The molecule has 4 nitrogen and oxygen atoms in total. The first-order chi connectivity index (χ1) is 10.3. The molecular weight excluding hydrogens is 284 g/mol. The highest BCUT2D eigenvalue weighted by molar-refractivity contribution is 7.99. The molecule has 0 aliphatic carbocycles. The van der Waals surface area contributed by atoms with Gasteiger partial charge in [0.1, 0.15) is 13.2 Å². The summed E-state index contributed by atoms with van der Waals surface area (Å²) >= 11 is 1.65. The molecule has 0 spiro atoms. The van der Waals surface area contributed by atoms with Gasteiger partial charge in [-0.15, -0.1) is 0 Å². The summed E-state index contributed by atoms with van der Waals surface area (Å²) in [6, 6.07) is 10.0. The number of ether oxygens (including phenoxy) is 2. The highest BCUT2D eigenvalue weighted by Crippen LogP contribution is 2.36. The zero-order chi connectivity index (χ0) is 14.7. The van der Waals surface area contributed by atoms with E-state index in [0.29, 0.717) is 13.2 Å². The van der Waals surface area contributed by atoms with E-state index >= 15 is 0 Å². The van der Waals surface area contributed by atoms with Crippen molar-refractivity contribution in [2.75, 3.05) is 13.2 Å². The van der Waals surface area contributed by atoms with Crippen LogP contribution in [0.3, 0.4) is 0 Å². The zero-order valence-electron chi connectivity index (χ0n) is 11.9. The molecule has 1 atom stereocenters. The Bertz CT molecular complexity index is 616. The Hall–Kier alpha value is -1.72. The molecule has 0 amide bonds. The molecule has 0 radical (unpaired) electrons. The van der Waals surface area contributed by atoms with Crippen LogP contribution in [0.25, 0.3) is 0 Å². The largest absolute Gasteiger partial charge is 0.486 e. The monoisotopic (exact) mass is 302 g/mol. The van der Waals surface area contributed by atoms with Gasteiger partial charge in [-0.05, 0) is 36.8 Å². The quantitative estimate of drug-likeness (QED) is 0.938. The third-order valence-corrected chi connectivity index (χ3v) is 4.30. The van der Waals surface area contributed by atoms with Crippen LogP contribution in [0, 0.1) is 0 Å². The molecule has 1 aliphatic rings. The summed E-state index contributed by atoms with van der Waals surface area (Å²) in [5.74, 6) is 1.62. The van der Waals surface area contributed by atoms with E-state index < -0.39 is 0 Å². The molecule has 5 heteroatoms. The van der Waals surface area contributed by atoms with Gasteiger partial charge in [0, 0.05) is 22.0 Å². The van der Waals surface area contributed by atoms with E-state index in [1.807, 2.05) is 30.5 Å². The Labute approximate surface area is 128 Å². The van der Waals surface area contributed by atoms with E-state index in [9.17, 15) is 0 Å². The molecule has 2 aromatic rings. The first kappa shape index (κ1) is 14.2. The second-order valence-corrected chi connectivity index (χ2v) is 5.99. The molecule has 1 aromatic carbocycles. The van der Waals surface area contributed by atoms with E-state index in [4.69, 9.17) is 15.2 Å². The second kappa shape index (κ2) is 6.37. The number of fused-ring (bicyclic) bond motifs is 1. The van der Waals surface area contributed by atoms with Crippen LogP contribution in [0.2, 0.25) is 0 Å². The first-order valence-corrected chi connectivity index (χ1v) is 7.87. The van der Waals surface area contributed by atoms with Crippen LogP contribution < -0.4 is 15.2 Å². The molecule has 21 heavy (non-hydrogen) atoms. The maximum absolute atomic E-state index is 5.97. The number of rotatable bonds is 4. The van der Waals surface area contributed by atoms with Gasteiger partial charge in [-0.1, -0.05) is 18.7 Å². The third-order valence-electron chi connectivity index (χ3n) is 3.33. The van der Waals surface area contributed by atoms with Crippen molar-refractivity contribution in [1.29, 1.82) is 0 Å². The van der Waals surface area contributed by atoms with Crippen LogP contribution in [0.1, 0.15) is 25.1 Å². The summed E-state index contributed by atoms with van der Waals surface area (Å²) in [6.45, 7) is 3.28.